The van der Waals surface area contributed by atoms with Gasteiger partial charge in [-0.25, -0.2) is 0 Å². The van der Waals surface area contributed by atoms with E-state index in [0.29, 0.717) is 22.5 Å². The highest BCUT2D eigenvalue weighted by Crippen LogP contribution is 2.27. The molecular weight excluding hydrogens is 396 g/mol. The minimum Gasteiger partial charge on any atom is -0.368 e. The largest absolute Gasteiger partial charge is 0.368 e. The number of nitrogens with two attached hydrogens (primary N) is 1. The lowest BCUT2D eigenvalue weighted by atomic mass is 10.3. The zero-order valence-corrected chi connectivity index (χ0v) is 16.7. The normalized spacial score (nSPS) is 11.6. The van der Waals surface area contributed by atoms with E-state index in [1.165, 1.54) is 11.8 Å². The molecule has 3 aromatic rings. The van der Waals surface area contributed by atoms with Crippen LogP contribution in [0.25, 0.3) is 0 Å². The van der Waals surface area contributed by atoms with E-state index in [0.717, 1.165) is 5.69 Å². The quantitative estimate of drug-likeness (QED) is 0.529. The van der Waals surface area contributed by atoms with E-state index in [2.05, 4.69) is 25.6 Å². The van der Waals surface area contributed by atoms with E-state index in [-0.39, 0.29) is 22.9 Å². The number of thioether (sulfide) groups is 1. The zero-order chi connectivity index (χ0) is 19.9. The summed E-state index contributed by atoms with van der Waals surface area (Å²) in [7, 11) is 0. The fraction of sp³-hybridized carbons (Fsp3) is 0.158. The van der Waals surface area contributed by atoms with Gasteiger partial charge in [-0.05, 0) is 37.3 Å². The third-order valence-electron chi connectivity index (χ3n) is 3.64. The predicted molar refractivity (Wildman–Crippen MR) is 115 cm³/mol. The summed E-state index contributed by atoms with van der Waals surface area (Å²) in [5, 5.41) is 6.33. The number of aromatic nitrogens is 3. The molecule has 0 spiro atoms. The summed E-state index contributed by atoms with van der Waals surface area (Å²) in [5.74, 6) is 1.10. The molecule has 0 saturated heterocycles. The van der Waals surface area contributed by atoms with Gasteiger partial charge in [-0.2, -0.15) is 15.0 Å². The molecule has 0 fully saturated rings. The van der Waals surface area contributed by atoms with Crippen LogP contribution < -0.4 is 16.4 Å². The van der Waals surface area contributed by atoms with Gasteiger partial charge in [-0.3, -0.25) is 4.79 Å². The number of para-hydroxylation sites is 1. The number of benzene rings is 2. The summed E-state index contributed by atoms with van der Waals surface area (Å²) in [4.78, 5) is 24.9. The molecule has 28 heavy (non-hydrogen) atoms. The van der Waals surface area contributed by atoms with Gasteiger partial charge in [0.2, 0.25) is 17.8 Å². The SMILES string of the molecule is C[C@H](SCC(=O)Nc1cccc(Cl)c1)c1nc(N)nc(Nc2ccccc2)n1. The predicted octanol–water partition coefficient (Wildman–Crippen LogP) is 4.28. The fourth-order valence-corrected chi connectivity index (χ4v) is 3.25. The number of nitrogen functional groups attached to an aromatic ring is 1. The van der Waals surface area contributed by atoms with E-state index in [9.17, 15) is 4.79 Å². The standard InChI is InChI=1S/C19H19ClN6OS/c1-12(28-11-16(27)22-15-9-5-6-13(20)10-15)17-24-18(21)26-19(25-17)23-14-7-3-2-4-8-14/h2-10,12H,11H2,1H3,(H,22,27)(H3,21,23,24,25,26)/t12-/m0/s1. The van der Waals surface area contributed by atoms with E-state index >= 15 is 0 Å². The monoisotopic (exact) mass is 414 g/mol. The van der Waals surface area contributed by atoms with Crippen LogP contribution in [-0.2, 0) is 4.79 Å². The minimum absolute atomic E-state index is 0.124. The number of nitrogens with one attached hydrogen (secondary N) is 2. The van der Waals surface area contributed by atoms with Gasteiger partial charge in [-0.1, -0.05) is 35.9 Å². The van der Waals surface area contributed by atoms with Crippen molar-refractivity contribution >= 4 is 52.5 Å². The van der Waals surface area contributed by atoms with Crippen LogP contribution in [0.15, 0.2) is 54.6 Å². The Morgan fingerprint density at radius 3 is 2.61 bits per heavy atom. The number of hydrogen-bond donors (Lipinski definition) is 3. The lowest BCUT2D eigenvalue weighted by molar-refractivity contribution is -0.113. The van der Waals surface area contributed by atoms with Crippen molar-refractivity contribution < 1.29 is 4.79 Å². The lowest BCUT2D eigenvalue weighted by Gasteiger charge is -2.12. The second kappa shape index (κ2) is 9.38. The maximum absolute atomic E-state index is 12.2. The Hall–Kier alpha value is -2.84. The number of anilines is 4. The molecule has 1 amide bonds. The van der Waals surface area contributed by atoms with Gasteiger partial charge in [0.1, 0.15) is 5.82 Å². The molecule has 0 aliphatic rings. The minimum atomic E-state index is -0.147. The Morgan fingerprint density at radius 2 is 1.86 bits per heavy atom. The van der Waals surface area contributed by atoms with Gasteiger partial charge in [0, 0.05) is 16.4 Å². The van der Waals surface area contributed by atoms with Crippen molar-refractivity contribution in [3.63, 3.8) is 0 Å². The lowest BCUT2D eigenvalue weighted by Crippen LogP contribution is -2.15. The maximum atomic E-state index is 12.2. The molecule has 0 aliphatic carbocycles. The summed E-state index contributed by atoms with van der Waals surface area (Å²) in [6.45, 7) is 1.92. The van der Waals surface area contributed by atoms with Crippen molar-refractivity contribution in [3.8, 4) is 0 Å². The Morgan fingerprint density at radius 1 is 1.11 bits per heavy atom. The van der Waals surface area contributed by atoms with Crippen LogP contribution >= 0.6 is 23.4 Å². The maximum Gasteiger partial charge on any atom is 0.234 e. The number of carbonyl (C=O) groups excluding carboxylic acids is 1. The van der Waals surface area contributed by atoms with Crippen molar-refractivity contribution in [1.29, 1.82) is 0 Å². The molecule has 2 aromatic carbocycles. The molecule has 7 nitrogen and oxygen atoms in total. The van der Waals surface area contributed by atoms with Crippen LogP contribution in [0.1, 0.15) is 18.0 Å². The third kappa shape index (κ3) is 5.83. The Labute approximate surface area is 172 Å². The first kappa shape index (κ1) is 19.9. The number of rotatable bonds is 7. The molecule has 4 N–H and O–H groups in total. The zero-order valence-electron chi connectivity index (χ0n) is 15.1. The number of nitrogens with zero attached hydrogens (tertiary/aromatic N) is 3. The highest BCUT2D eigenvalue weighted by molar-refractivity contribution is 8.00. The van der Waals surface area contributed by atoms with Crippen LogP contribution in [-0.4, -0.2) is 26.6 Å². The summed E-state index contributed by atoms with van der Waals surface area (Å²) in [5.41, 5.74) is 7.32. The van der Waals surface area contributed by atoms with E-state index < -0.39 is 0 Å². The molecule has 144 valence electrons. The van der Waals surface area contributed by atoms with Crippen molar-refractivity contribution in [2.24, 2.45) is 0 Å². The Balaban J connectivity index is 1.60. The van der Waals surface area contributed by atoms with Crippen LogP contribution in [0.2, 0.25) is 5.02 Å². The molecule has 9 heteroatoms. The van der Waals surface area contributed by atoms with Crippen LogP contribution in [0.3, 0.4) is 0 Å². The second-order valence-corrected chi connectivity index (χ2v) is 7.64. The highest BCUT2D eigenvalue weighted by Gasteiger charge is 2.15. The van der Waals surface area contributed by atoms with Gasteiger partial charge in [0.15, 0.2) is 0 Å². The molecule has 3 rings (SSSR count). The number of halogens is 1. The first-order valence-electron chi connectivity index (χ1n) is 8.50. The van der Waals surface area contributed by atoms with Crippen LogP contribution in [0, 0.1) is 0 Å². The number of amides is 1. The molecule has 1 heterocycles. The molecule has 0 bridgehead atoms. The van der Waals surface area contributed by atoms with Gasteiger partial charge in [0.25, 0.3) is 0 Å². The average molecular weight is 415 g/mol. The topological polar surface area (TPSA) is 106 Å². The fourth-order valence-electron chi connectivity index (χ4n) is 2.34. The summed E-state index contributed by atoms with van der Waals surface area (Å²) in [6.07, 6.45) is 0. The van der Waals surface area contributed by atoms with E-state index in [1.807, 2.05) is 37.3 Å². The number of carbonyl (C=O) groups is 1. The first-order chi connectivity index (χ1) is 13.5. The molecular formula is C19H19ClN6OS. The molecule has 0 radical (unpaired) electrons. The summed E-state index contributed by atoms with van der Waals surface area (Å²) < 4.78 is 0. The van der Waals surface area contributed by atoms with Crippen molar-refractivity contribution in [2.75, 3.05) is 22.1 Å². The van der Waals surface area contributed by atoms with Crippen molar-refractivity contribution in [3.05, 3.63) is 65.4 Å². The molecule has 0 aliphatic heterocycles. The van der Waals surface area contributed by atoms with Crippen molar-refractivity contribution in [2.45, 2.75) is 12.2 Å². The van der Waals surface area contributed by atoms with Gasteiger partial charge < -0.3 is 16.4 Å². The summed E-state index contributed by atoms with van der Waals surface area (Å²) in [6, 6.07) is 16.5. The van der Waals surface area contributed by atoms with Gasteiger partial charge >= 0.3 is 0 Å². The Bertz CT molecular complexity index is 956. The summed E-state index contributed by atoms with van der Waals surface area (Å²) >= 11 is 7.33. The Kier molecular flexibility index (Phi) is 6.67. The van der Waals surface area contributed by atoms with Gasteiger partial charge in [-0.15, -0.1) is 11.8 Å². The van der Waals surface area contributed by atoms with Crippen molar-refractivity contribution in [1.82, 2.24) is 15.0 Å². The van der Waals surface area contributed by atoms with Crippen LogP contribution in [0.4, 0.5) is 23.3 Å². The molecule has 1 atom stereocenters. The smallest absolute Gasteiger partial charge is 0.234 e. The molecule has 1 aromatic heterocycles. The second-order valence-electron chi connectivity index (χ2n) is 5.88. The third-order valence-corrected chi connectivity index (χ3v) is 5.01. The van der Waals surface area contributed by atoms with E-state index in [4.69, 9.17) is 17.3 Å². The number of hydrogen-bond acceptors (Lipinski definition) is 7. The highest BCUT2D eigenvalue weighted by atomic mass is 35.5. The first-order valence-corrected chi connectivity index (χ1v) is 9.93. The van der Waals surface area contributed by atoms with E-state index in [1.54, 1.807) is 24.3 Å². The average Bonchev–Trinajstić information content (AvgIpc) is 2.66. The van der Waals surface area contributed by atoms with Crippen LogP contribution in [0.5, 0.6) is 0 Å². The van der Waals surface area contributed by atoms with Gasteiger partial charge in [0.05, 0.1) is 11.0 Å². The molecule has 0 unspecified atom stereocenters. The molecule has 0 saturated carbocycles.